The molecule has 26 heavy (non-hydrogen) atoms. The fraction of sp³-hybridized carbons (Fsp3) is 0.250. The molecule has 0 radical (unpaired) electrons. The number of benzene rings is 2. The highest BCUT2D eigenvalue weighted by Gasteiger charge is 2.29. The van der Waals surface area contributed by atoms with Crippen LogP contribution in [0.5, 0.6) is 0 Å². The van der Waals surface area contributed by atoms with Gasteiger partial charge in [-0.3, -0.25) is 9.03 Å². The largest absolute Gasteiger partial charge is 0.283 e. The van der Waals surface area contributed by atoms with E-state index in [2.05, 4.69) is 4.72 Å². The summed E-state index contributed by atoms with van der Waals surface area (Å²) in [6.45, 7) is 0.291. The van der Waals surface area contributed by atoms with Crippen molar-refractivity contribution in [3.8, 4) is 0 Å². The lowest BCUT2D eigenvalue weighted by atomic mass is 10.0. The molecule has 0 aromatic heterocycles. The van der Waals surface area contributed by atoms with Crippen LogP contribution in [0.25, 0.3) is 0 Å². The Morgan fingerprint density at radius 3 is 2.42 bits per heavy atom. The molecule has 0 fully saturated rings. The Hall–Kier alpha value is -1.84. The van der Waals surface area contributed by atoms with Gasteiger partial charge in [-0.1, -0.05) is 0 Å². The van der Waals surface area contributed by atoms with Crippen LogP contribution in [0.15, 0.2) is 47.4 Å². The Morgan fingerprint density at radius 1 is 1.08 bits per heavy atom. The number of nitrogens with one attached hydrogen (secondary N) is 1. The first-order valence-electron chi connectivity index (χ1n) is 7.71. The first kappa shape index (κ1) is 18.9. The number of halogens is 2. The quantitative estimate of drug-likeness (QED) is 0.757. The predicted octanol–water partition coefficient (Wildman–Crippen LogP) is 2.91. The number of anilines is 2. The molecule has 2 aromatic carbocycles. The monoisotopic (exact) mass is 418 g/mol. The first-order valence-corrected chi connectivity index (χ1v) is 11.3. The summed E-state index contributed by atoms with van der Waals surface area (Å²) in [5.74, 6) is -0.515. The van der Waals surface area contributed by atoms with Gasteiger partial charge in [0.25, 0.3) is 10.0 Å². The molecule has 2 aromatic rings. The van der Waals surface area contributed by atoms with E-state index in [1.807, 2.05) is 0 Å². The van der Waals surface area contributed by atoms with Gasteiger partial charge in [0.05, 0.1) is 10.6 Å². The summed E-state index contributed by atoms with van der Waals surface area (Å²) < 4.78 is 65.7. The summed E-state index contributed by atoms with van der Waals surface area (Å²) in [6, 6.07) is 9.29. The Bertz CT molecular complexity index is 1020. The third kappa shape index (κ3) is 3.79. The third-order valence-corrected chi connectivity index (χ3v) is 7.50. The van der Waals surface area contributed by atoms with Crippen molar-refractivity contribution in [2.75, 3.05) is 20.8 Å². The standard InChI is InChI=1S/C16H16ClFN2O4S2/c17-11-25(21,22)19-14-5-8-16-12(10-14)2-1-9-20(16)26(23,24)15-6-3-13(18)4-7-15/h3-8,10,19H,1-2,9,11H2. The van der Waals surface area contributed by atoms with Crippen molar-refractivity contribution in [2.24, 2.45) is 0 Å². The number of sulfonamides is 2. The van der Waals surface area contributed by atoms with Crippen LogP contribution >= 0.6 is 11.6 Å². The topological polar surface area (TPSA) is 83.6 Å². The molecular formula is C16H16ClFN2O4S2. The van der Waals surface area contributed by atoms with E-state index in [1.54, 1.807) is 12.1 Å². The maximum absolute atomic E-state index is 13.1. The Morgan fingerprint density at radius 2 is 1.77 bits per heavy atom. The van der Waals surface area contributed by atoms with E-state index in [4.69, 9.17) is 11.6 Å². The molecule has 0 saturated heterocycles. The molecule has 1 aliphatic heterocycles. The van der Waals surface area contributed by atoms with Crippen molar-refractivity contribution in [3.05, 3.63) is 53.8 Å². The number of hydrogen-bond acceptors (Lipinski definition) is 4. The summed E-state index contributed by atoms with van der Waals surface area (Å²) in [5, 5.41) is -0.574. The average Bonchev–Trinajstić information content (AvgIpc) is 2.61. The summed E-state index contributed by atoms with van der Waals surface area (Å²) in [6.07, 6.45) is 1.19. The molecule has 0 amide bonds. The normalized spacial score (nSPS) is 14.8. The minimum Gasteiger partial charge on any atom is -0.283 e. The molecule has 0 unspecified atom stereocenters. The molecule has 6 nitrogen and oxygen atoms in total. The second-order valence-electron chi connectivity index (χ2n) is 5.80. The van der Waals surface area contributed by atoms with Gasteiger partial charge in [-0.15, -0.1) is 11.6 Å². The van der Waals surface area contributed by atoms with E-state index in [9.17, 15) is 21.2 Å². The number of nitrogens with zero attached hydrogens (tertiary/aromatic N) is 1. The van der Waals surface area contributed by atoms with Gasteiger partial charge in [-0.05, 0) is 60.9 Å². The summed E-state index contributed by atoms with van der Waals surface area (Å²) in [5.41, 5.74) is 1.51. The predicted molar refractivity (Wildman–Crippen MR) is 99.0 cm³/mol. The molecule has 0 aliphatic carbocycles. The zero-order valence-corrected chi connectivity index (χ0v) is 15.9. The molecule has 0 bridgehead atoms. The number of aryl methyl sites for hydroxylation is 1. The lowest BCUT2D eigenvalue weighted by molar-refractivity contribution is 0.585. The van der Waals surface area contributed by atoms with E-state index >= 15 is 0 Å². The van der Waals surface area contributed by atoms with Gasteiger partial charge in [0.2, 0.25) is 10.0 Å². The molecule has 0 spiro atoms. The number of rotatable bonds is 5. The van der Waals surface area contributed by atoms with Crippen LogP contribution in [0.1, 0.15) is 12.0 Å². The lowest BCUT2D eigenvalue weighted by Gasteiger charge is -2.31. The van der Waals surface area contributed by atoms with Crippen molar-refractivity contribution in [2.45, 2.75) is 17.7 Å². The minimum absolute atomic E-state index is 0.00123. The maximum atomic E-state index is 13.1. The molecule has 3 rings (SSSR count). The van der Waals surface area contributed by atoms with Crippen molar-refractivity contribution < 1.29 is 21.2 Å². The van der Waals surface area contributed by atoms with Crippen LogP contribution in [0.3, 0.4) is 0 Å². The van der Waals surface area contributed by atoms with E-state index in [0.717, 1.165) is 12.1 Å². The van der Waals surface area contributed by atoms with Crippen LogP contribution in [0, 0.1) is 5.82 Å². The molecule has 1 heterocycles. The number of alkyl halides is 1. The van der Waals surface area contributed by atoms with Gasteiger partial charge in [0, 0.05) is 12.2 Å². The fourth-order valence-corrected chi connectivity index (χ4v) is 5.06. The van der Waals surface area contributed by atoms with Crippen LogP contribution in [0.4, 0.5) is 15.8 Å². The Kier molecular flexibility index (Phi) is 5.14. The van der Waals surface area contributed by atoms with Crippen molar-refractivity contribution in [1.82, 2.24) is 0 Å². The molecule has 140 valence electrons. The van der Waals surface area contributed by atoms with Gasteiger partial charge in [-0.2, -0.15) is 0 Å². The van der Waals surface area contributed by atoms with E-state index < -0.39 is 31.1 Å². The van der Waals surface area contributed by atoms with Gasteiger partial charge in [-0.25, -0.2) is 21.2 Å². The number of fused-ring (bicyclic) bond motifs is 1. The summed E-state index contributed by atoms with van der Waals surface area (Å²) in [4.78, 5) is -0.00123. The van der Waals surface area contributed by atoms with Crippen LogP contribution < -0.4 is 9.03 Å². The van der Waals surface area contributed by atoms with E-state index in [1.165, 1.54) is 22.5 Å². The molecule has 0 saturated carbocycles. The molecule has 1 aliphatic rings. The highest BCUT2D eigenvalue weighted by atomic mass is 35.5. The van der Waals surface area contributed by atoms with E-state index in [0.29, 0.717) is 36.3 Å². The second kappa shape index (κ2) is 7.05. The van der Waals surface area contributed by atoms with Crippen molar-refractivity contribution >= 4 is 43.0 Å². The van der Waals surface area contributed by atoms with Gasteiger partial charge in [0.1, 0.15) is 11.0 Å². The smallest absolute Gasteiger partial charge is 0.264 e. The van der Waals surface area contributed by atoms with Gasteiger partial charge < -0.3 is 0 Å². The zero-order valence-electron chi connectivity index (χ0n) is 13.5. The maximum Gasteiger partial charge on any atom is 0.264 e. The summed E-state index contributed by atoms with van der Waals surface area (Å²) in [7, 11) is -7.48. The van der Waals surface area contributed by atoms with Gasteiger partial charge >= 0.3 is 0 Å². The molecular weight excluding hydrogens is 403 g/mol. The van der Waals surface area contributed by atoms with Crippen LogP contribution in [-0.2, 0) is 26.5 Å². The van der Waals surface area contributed by atoms with Crippen LogP contribution in [0.2, 0.25) is 0 Å². The Balaban J connectivity index is 1.97. The van der Waals surface area contributed by atoms with Crippen molar-refractivity contribution in [1.29, 1.82) is 0 Å². The van der Waals surface area contributed by atoms with Crippen molar-refractivity contribution in [3.63, 3.8) is 0 Å². The fourth-order valence-electron chi connectivity index (χ4n) is 2.82. The van der Waals surface area contributed by atoms with Gasteiger partial charge in [0.15, 0.2) is 0 Å². The molecule has 10 heteroatoms. The SMILES string of the molecule is O=S(=O)(CCl)Nc1ccc2c(c1)CCCN2S(=O)(=O)c1ccc(F)cc1. The number of hydrogen-bond donors (Lipinski definition) is 1. The Labute approximate surface area is 156 Å². The van der Waals surface area contributed by atoms with Crippen LogP contribution in [-0.4, -0.2) is 28.6 Å². The molecule has 1 N–H and O–H groups in total. The average molecular weight is 419 g/mol. The minimum atomic E-state index is -3.84. The second-order valence-corrected chi connectivity index (χ2v) is 9.97. The highest BCUT2D eigenvalue weighted by Crippen LogP contribution is 2.34. The van der Waals surface area contributed by atoms with E-state index in [-0.39, 0.29) is 4.90 Å². The first-order chi connectivity index (χ1) is 12.2. The highest BCUT2D eigenvalue weighted by molar-refractivity contribution is 7.93. The lowest BCUT2D eigenvalue weighted by Crippen LogP contribution is -2.35. The third-order valence-electron chi connectivity index (χ3n) is 3.97. The zero-order chi connectivity index (χ0) is 18.9. The molecule has 0 atom stereocenters. The summed E-state index contributed by atoms with van der Waals surface area (Å²) >= 11 is 5.38.